The van der Waals surface area contributed by atoms with E-state index < -0.39 is 24.8 Å². The standard InChI is InChI=1S/C14H15F3N4O3S/c1-21-9-4-2-3-5-10(9)25-12(21)20-19-11(22)6-7-18-13(23)24-8-14(15,16)17/h2-5H,6-8H2,1H3,(H,18,23)(H,19,22)/b20-12-. The lowest BCUT2D eigenvalue weighted by atomic mass is 10.3. The molecule has 1 heterocycles. The maximum atomic E-state index is 11.9. The van der Waals surface area contributed by atoms with Gasteiger partial charge in [-0.25, -0.2) is 10.2 Å². The number of hydrogen-bond acceptors (Lipinski definition) is 5. The number of amides is 2. The topological polar surface area (TPSA) is 84.7 Å². The van der Waals surface area contributed by atoms with Crippen molar-refractivity contribution in [1.82, 2.24) is 15.3 Å². The van der Waals surface area contributed by atoms with Crippen LogP contribution in [-0.4, -0.2) is 35.9 Å². The fourth-order valence-corrected chi connectivity index (χ4v) is 2.81. The Kier molecular flexibility index (Phi) is 6.02. The number of aromatic nitrogens is 1. The molecule has 136 valence electrons. The zero-order chi connectivity index (χ0) is 18.4. The summed E-state index contributed by atoms with van der Waals surface area (Å²) in [6, 6.07) is 7.63. The van der Waals surface area contributed by atoms with Crippen molar-refractivity contribution in [3.63, 3.8) is 0 Å². The largest absolute Gasteiger partial charge is 0.440 e. The average Bonchev–Trinajstić information content (AvgIpc) is 2.87. The molecule has 0 aliphatic rings. The Morgan fingerprint density at radius 3 is 2.72 bits per heavy atom. The van der Waals surface area contributed by atoms with Gasteiger partial charge < -0.3 is 14.6 Å². The summed E-state index contributed by atoms with van der Waals surface area (Å²) >= 11 is 1.39. The van der Waals surface area contributed by atoms with Crippen molar-refractivity contribution in [2.75, 3.05) is 13.2 Å². The summed E-state index contributed by atoms with van der Waals surface area (Å²) in [5, 5.41) is 6.05. The monoisotopic (exact) mass is 376 g/mol. The molecule has 0 fully saturated rings. The van der Waals surface area contributed by atoms with Crippen LogP contribution in [0.15, 0.2) is 29.4 Å². The third-order valence-electron chi connectivity index (χ3n) is 2.98. The number of fused-ring (bicyclic) bond motifs is 1. The number of alkyl carbamates (subject to hydrolysis) is 1. The Balaban J connectivity index is 1.80. The van der Waals surface area contributed by atoms with E-state index in [2.05, 4.69) is 20.6 Å². The van der Waals surface area contributed by atoms with Gasteiger partial charge in [-0.1, -0.05) is 23.5 Å². The van der Waals surface area contributed by atoms with Crippen LogP contribution in [-0.2, 0) is 16.6 Å². The van der Waals surface area contributed by atoms with Crippen molar-refractivity contribution < 1.29 is 27.5 Å². The summed E-state index contributed by atoms with van der Waals surface area (Å²) in [6.07, 6.45) is -5.98. The highest BCUT2D eigenvalue weighted by atomic mass is 32.1. The van der Waals surface area contributed by atoms with Crippen molar-refractivity contribution in [3.05, 3.63) is 29.1 Å². The molecule has 1 aromatic carbocycles. The van der Waals surface area contributed by atoms with Crippen LogP contribution in [0.4, 0.5) is 18.0 Å². The summed E-state index contributed by atoms with van der Waals surface area (Å²) in [6.45, 7) is -1.85. The molecule has 0 bridgehead atoms. The molecule has 11 heteroatoms. The van der Waals surface area contributed by atoms with Gasteiger partial charge in [0, 0.05) is 20.0 Å². The molecule has 0 atom stereocenters. The Labute approximate surface area is 144 Å². The second-order valence-electron chi connectivity index (χ2n) is 4.93. The van der Waals surface area contributed by atoms with Gasteiger partial charge in [0.2, 0.25) is 10.7 Å². The quantitative estimate of drug-likeness (QED) is 0.781. The zero-order valence-electron chi connectivity index (χ0n) is 13.1. The van der Waals surface area contributed by atoms with Crippen LogP contribution in [0.3, 0.4) is 0 Å². The van der Waals surface area contributed by atoms with Gasteiger partial charge in [0.25, 0.3) is 0 Å². The highest BCUT2D eigenvalue weighted by molar-refractivity contribution is 7.16. The third-order valence-corrected chi connectivity index (χ3v) is 4.09. The predicted octanol–water partition coefficient (Wildman–Crippen LogP) is 1.85. The van der Waals surface area contributed by atoms with Crippen LogP contribution in [0.5, 0.6) is 0 Å². The van der Waals surface area contributed by atoms with Gasteiger partial charge in [-0.15, -0.1) is 5.10 Å². The van der Waals surface area contributed by atoms with E-state index in [-0.39, 0.29) is 13.0 Å². The smallest absolute Gasteiger partial charge is 0.422 e. The maximum Gasteiger partial charge on any atom is 0.422 e. The minimum Gasteiger partial charge on any atom is -0.440 e. The Hall–Kier alpha value is -2.56. The number of benzene rings is 1. The van der Waals surface area contributed by atoms with E-state index in [4.69, 9.17) is 0 Å². The number of thiazole rings is 1. The molecule has 0 saturated carbocycles. The molecule has 2 N–H and O–H groups in total. The molecule has 2 amide bonds. The molecule has 0 saturated heterocycles. The van der Waals surface area contributed by atoms with Gasteiger partial charge in [-0.2, -0.15) is 13.2 Å². The molecule has 2 rings (SSSR count). The summed E-state index contributed by atoms with van der Waals surface area (Å²) in [4.78, 5) is 23.2. The van der Waals surface area contributed by atoms with Crippen molar-refractivity contribution in [2.45, 2.75) is 12.6 Å². The van der Waals surface area contributed by atoms with Crippen molar-refractivity contribution >= 4 is 33.6 Å². The van der Waals surface area contributed by atoms with Gasteiger partial charge in [0.15, 0.2) is 6.61 Å². The molecule has 25 heavy (non-hydrogen) atoms. The number of rotatable bonds is 5. The summed E-state index contributed by atoms with van der Waals surface area (Å²) < 4.78 is 42.3. The second-order valence-corrected chi connectivity index (χ2v) is 5.94. The number of hydrogen-bond donors (Lipinski definition) is 2. The Morgan fingerprint density at radius 2 is 2.04 bits per heavy atom. The summed E-state index contributed by atoms with van der Waals surface area (Å²) in [5.74, 6) is -0.492. The number of carbonyl (C=O) groups is 2. The zero-order valence-corrected chi connectivity index (χ0v) is 13.9. The Morgan fingerprint density at radius 1 is 1.32 bits per heavy atom. The molecular weight excluding hydrogens is 361 g/mol. The van der Waals surface area contributed by atoms with Gasteiger partial charge >= 0.3 is 12.3 Å². The van der Waals surface area contributed by atoms with Crippen LogP contribution in [0.1, 0.15) is 6.42 Å². The lowest BCUT2D eigenvalue weighted by molar-refractivity contribution is -0.160. The normalized spacial score (nSPS) is 12.2. The molecule has 1 aromatic heterocycles. The van der Waals surface area contributed by atoms with Crippen LogP contribution in [0.25, 0.3) is 10.2 Å². The number of alkyl halides is 3. The van der Waals surface area contributed by atoms with Crippen LogP contribution in [0.2, 0.25) is 0 Å². The van der Waals surface area contributed by atoms with E-state index in [0.29, 0.717) is 4.80 Å². The van der Waals surface area contributed by atoms with E-state index in [1.807, 2.05) is 35.9 Å². The first kappa shape index (κ1) is 18.8. The van der Waals surface area contributed by atoms with Crippen LogP contribution >= 0.6 is 11.3 Å². The molecule has 0 spiro atoms. The minimum absolute atomic E-state index is 0.154. The first-order valence-electron chi connectivity index (χ1n) is 7.11. The molecule has 0 aliphatic heterocycles. The van der Waals surface area contributed by atoms with E-state index in [9.17, 15) is 22.8 Å². The summed E-state index contributed by atoms with van der Waals surface area (Å²) in [7, 11) is 1.81. The molecule has 0 radical (unpaired) electrons. The Bertz CT molecular complexity index is 829. The molecule has 7 nitrogen and oxygen atoms in total. The first-order chi connectivity index (χ1) is 11.8. The lowest BCUT2D eigenvalue weighted by Gasteiger charge is -2.08. The number of ether oxygens (including phenoxy) is 1. The van der Waals surface area contributed by atoms with Crippen LogP contribution in [0, 0.1) is 0 Å². The lowest BCUT2D eigenvalue weighted by Crippen LogP contribution is -2.32. The molecule has 2 aromatic rings. The molecule has 0 aliphatic carbocycles. The summed E-state index contributed by atoms with van der Waals surface area (Å²) in [5.41, 5.74) is 3.30. The number of nitrogens with one attached hydrogen (secondary N) is 2. The van der Waals surface area contributed by atoms with E-state index in [1.165, 1.54) is 11.3 Å². The number of para-hydroxylation sites is 1. The highest BCUT2D eigenvalue weighted by Crippen LogP contribution is 2.15. The van der Waals surface area contributed by atoms with Gasteiger partial charge in [-0.3, -0.25) is 4.79 Å². The van der Waals surface area contributed by atoms with E-state index in [1.54, 1.807) is 0 Å². The number of aryl methyl sites for hydroxylation is 1. The average molecular weight is 376 g/mol. The number of halogens is 3. The van der Waals surface area contributed by atoms with E-state index >= 15 is 0 Å². The maximum absolute atomic E-state index is 11.9. The number of carbonyl (C=O) groups excluding carboxylic acids is 2. The SMILES string of the molecule is Cn1/c(=N/NC(=O)CCNC(=O)OCC(F)(F)F)sc2ccccc21. The number of nitrogens with zero attached hydrogens (tertiary/aromatic N) is 2. The van der Waals surface area contributed by atoms with Gasteiger partial charge in [0.05, 0.1) is 10.2 Å². The predicted molar refractivity (Wildman–Crippen MR) is 84.5 cm³/mol. The molecule has 0 unspecified atom stereocenters. The second kappa shape index (κ2) is 8.01. The van der Waals surface area contributed by atoms with Crippen molar-refractivity contribution in [2.24, 2.45) is 12.1 Å². The van der Waals surface area contributed by atoms with Gasteiger partial charge in [-0.05, 0) is 12.1 Å². The van der Waals surface area contributed by atoms with Crippen molar-refractivity contribution in [3.8, 4) is 0 Å². The molecular formula is C14H15F3N4O3S. The fourth-order valence-electron chi connectivity index (χ4n) is 1.83. The minimum atomic E-state index is -4.59. The first-order valence-corrected chi connectivity index (χ1v) is 7.92. The highest BCUT2D eigenvalue weighted by Gasteiger charge is 2.29. The van der Waals surface area contributed by atoms with E-state index in [0.717, 1.165) is 10.2 Å². The van der Waals surface area contributed by atoms with Crippen molar-refractivity contribution in [1.29, 1.82) is 0 Å². The fraction of sp³-hybridized carbons (Fsp3) is 0.357. The third kappa shape index (κ3) is 5.78. The van der Waals surface area contributed by atoms with Gasteiger partial charge in [0.1, 0.15) is 0 Å². The van der Waals surface area contributed by atoms with Crippen LogP contribution < -0.4 is 15.5 Å².